The molecule has 4 heteroatoms. The smallest absolute Gasteiger partial charge is 0.172 e. The van der Waals surface area contributed by atoms with Crippen molar-refractivity contribution >= 4 is 28.4 Å². The van der Waals surface area contributed by atoms with Crippen LogP contribution in [-0.2, 0) is 0 Å². The van der Waals surface area contributed by atoms with Gasteiger partial charge < -0.3 is 10.2 Å². The van der Waals surface area contributed by atoms with Crippen LogP contribution < -0.4 is 5.73 Å². The van der Waals surface area contributed by atoms with E-state index in [1.165, 1.54) is 12.5 Å². The highest BCUT2D eigenvalue weighted by molar-refractivity contribution is 6.37. The van der Waals surface area contributed by atoms with Gasteiger partial charge in [0, 0.05) is 6.07 Å². The predicted molar refractivity (Wildman–Crippen MR) is 43.4 cm³/mol. The number of nitrogen functional groups attached to an aromatic ring is 1. The van der Waals surface area contributed by atoms with Gasteiger partial charge >= 0.3 is 0 Å². The van der Waals surface area contributed by atoms with Crippen molar-refractivity contribution in [3.63, 3.8) is 0 Å². The van der Waals surface area contributed by atoms with E-state index in [2.05, 4.69) is 4.98 Å². The number of nitrogens with zero attached hydrogens (tertiary/aromatic N) is 1. The number of furan rings is 1. The summed E-state index contributed by atoms with van der Waals surface area (Å²) >= 11 is 5.81. The zero-order valence-corrected chi connectivity index (χ0v) is 6.30. The fourth-order valence-corrected chi connectivity index (χ4v) is 1.09. The number of fused-ring (bicyclic) bond motifs is 1. The maximum absolute atomic E-state index is 5.81. The lowest BCUT2D eigenvalue weighted by Gasteiger charge is -1.95. The summed E-state index contributed by atoms with van der Waals surface area (Å²) in [5.74, 6) is 0. The molecule has 2 N–H and O–H groups in total. The molecule has 0 aromatic carbocycles. The lowest BCUT2D eigenvalue weighted by Crippen LogP contribution is -1.87. The molecule has 0 atom stereocenters. The molecule has 0 spiro atoms. The first-order chi connectivity index (χ1) is 5.29. The van der Waals surface area contributed by atoms with Gasteiger partial charge in [0.2, 0.25) is 0 Å². The third kappa shape index (κ3) is 0.851. The Kier molecular flexibility index (Phi) is 1.26. The first kappa shape index (κ1) is 6.49. The normalized spacial score (nSPS) is 10.6. The Morgan fingerprint density at radius 2 is 2.36 bits per heavy atom. The van der Waals surface area contributed by atoms with Crippen molar-refractivity contribution in [3.05, 3.63) is 23.5 Å². The molecular formula is C7H5ClN2O. The Morgan fingerprint density at radius 3 is 3.18 bits per heavy atom. The summed E-state index contributed by atoms with van der Waals surface area (Å²) in [6.45, 7) is 0. The van der Waals surface area contributed by atoms with E-state index < -0.39 is 0 Å². The molecule has 2 aromatic heterocycles. The summed E-state index contributed by atoms with van der Waals surface area (Å²) < 4.78 is 5.06. The molecule has 0 aliphatic heterocycles. The Bertz CT molecular complexity index is 396. The van der Waals surface area contributed by atoms with Gasteiger partial charge in [-0.25, -0.2) is 0 Å². The zero-order chi connectivity index (χ0) is 7.84. The molecule has 0 aliphatic carbocycles. The largest absolute Gasteiger partial charge is 0.461 e. The van der Waals surface area contributed by atoms with Crippen molar-refractivity contribution in [3.8, 4) is 0 Å². The molecule has 2 heterocycles. The quantitative estimate of drug-likeness (QED) is 0.655. The molecule has 11 heavy (non-hydrogen) atoms. The second-order valence-corrected chi connectivity index (χ2v) is 2.54. The van der Waals surface area contributed by atoms with Gasteiger partial charge in [0.15, 0.2) is 5.58 Å². The van der Waals surface area contributed by atoms with Crippen LogP contribution in [0.3, 0.4) is 0 Å². The number of anilines is 1. The highest BCUT2D eigenvalue weighted by atomic mass is 35.5. The molecule has 2 aromatic rings. The van der Waals surface area contributed by atoms with Gasteiger partial charge in [-0.3, -0.25) is 4.98 Å². The van der Waals surface area contributed by atoms with Crippen LogP contribution >= 0.6 is 11.6 Å². The highest BCUT2D eigenvalue weighted by Gasteiger charge is 2.05. The molecular weight excluding hydrogens is 164 g/mol. The lowest BCUT2D eigenvalue weighted by atomic mass is 10.3. The Hall–Kier alpha value is -1.22. The van der Waals surface area contributed by atoms with Crippen molar-refractivity contribution in [2.75, 3.05) is 5.73 Å². The van der Waals surface area contributed by atoms with Gasteiger partial charge in [-0.1, -0.05) is 11.6 Å². The molecule has 0 aliphatic rings. The van der Waals surface area contributed by atoms with Crippen LogP contribution in [-0.4, -0.2) is 4.98 Å². The first-order valence-electron chi connectivity index (χ1n) is 3.06. The van der Waals surface area contributed by atoms with E-state index in [1.54, 1.807) is 6.07 Å². The van der Waals surface area contributed by atoms with E-state index in [1.807, 2.05) is 0 Å². The first-order valence-corrected chi connectivity index (χ1v) is 3.44. The number of pyridine rings is 1. The number of halogens is 1. The topological polar surface area (TPSA) is 52.0 Å². The summed E-state index contributed by atoms with van der Waals surface area (Å²) in [6.07, 6.45) is 3.04. The van der Waals surface area contributed by atoms with Crippen molar-refractivity contribution in [1.29, 1.82) is 0 Å². The van der Waals surface area contributed by atoms with Gasteiger partial charge in [0.25, 0.3) is 0 Å². The fourth-order valence-electron chi connectivity index (χ4n) is 0.895. The number of nitrogens with two attached hydrogens (primary N) is 1. The number of hydrogen-bond donors (Lipinski definition) is 1. The monoisotopic (exact) mass is 168 g/mol. The molecule has 0 radical (unpaired) electrons. The molecule has 3 nitrogen and oxygen atoms in total. The van der Waals surface area contributed by atoms with E-state index in [-0.39, 0.29) is 0 Å². The minimum atomic E-state index is 0.431. The van der Waals surface area contributed by atoms with Gasteiger partial charge in [0.1, 0.15) is 10.5 Å². The van der Waals surface area contributed by atoms with Crippen LogP contribution in [0.1, 0.15) is 0 Å². The minimum Gasteiger partial charge on any atom is -0.461 e. The van der Waals surface area contributed by atoms with Crippen LogP contribution in [0.15, 0.2) is 22.9 Å². The van der Waals surface area contributed by atoms with Crippen LogP contribution in [0.25, 0.3) is 11.1 Å². The third-order valence-corrected chi connectivity index (χ3v) is 1.83. The predicted octanol–water partition coefficient (Wildman–Crippen LogP) is 2.06. The van der Waals surface area contributed by atoms with Gasteiger partial charge in [-0.05, 0) is 0 Å². The standard InChI is InChI=1S/C7H5ClN2O/c8-6-4(9)3-10-5-1-2-11-7(5)6/h1-3H,9H2. The molecule has 0 saturated heterocycles. The van der Waals surface area contributed by atoms with Crippen LogP contribution in [0, 0.1) is 0 Å². The van der Waals surface area contributed by atoms with Gasteiger partial charge in [-0.15, -0.1) is 0 Å². The van der Waals surface area contributed by atoms with Crippen LogP contribution in [0.2, 0.25) is 5.02 Å². The summed E-state index contributed by atoms with van der Waals surface area (Å²) in [6, 6.07) is 1.74. The Labute approximate surface area is 67.8 Å². The molecule has 0 saturated carbocycles. The minimum absolute atomic E-state index is 0.431. The maximum atomic E-state index is 5.81. The molecule has 2 rings (SSSR count). The average molecular weight is 169 g/mol. The van der Waals surface area contributed by atoms with E-state index >= 15 is 0 Å². The van der Waals surface area contributed by atoms with Crippen molar-refractivity contribution in [2.24, 2.45) is 0 Å². The second-order valence-electron chi connectivity index (χ2n) is 2.16. The Balaban J connectivity index is 2.93. The van der Waals surface area contributed by atoms with E-state index in [0.29, 0.717) is 16.3 Å². The molecule has 0 unspecified atom stereocenters. The molecule has 0 fully saturated rings. The fraction of sp³-hybridized carbons (Fsp3) is 0. The Morgan fingerprint density at radius 1 is 1.55 bits per heavy atom. The summed E-state index contributed by atoms with van der Waals surface area (Å²) in [5.41, 5.74) is 7.20. The number of hydrogen-bond acceptors (Lipinski definition) is 3. The number of aromatic nitrogens is 1. The van der Waals surface area contributed by atoms with Gasteiger partial charge in [0.05, 0.1) is 18.1 Å². The second kappa shape index (κ2) is 2.13. The lowest BCUT2D eigenvalue weighted by molar-refractivity contribution is 0.615. The highest BCUT2D eigenvalue weighted by Crippen LogP contribution is 2.27. The van der Waals surface area contributed by atoms with Crippen molar-refractivity contribution in [2.45, 2.75) is 0 Å². The van der Waals surface area contributed by atoms with Crippen molar-refractivity contribution in [1.82, 2.24) is 4.98 Å². The summed E-state index contributed by atoms with van der Waals surface area (Å²) in [5, 5.41) is 0.431. The molecule has 0 amide bonds. The maximum Gasteiger partial charge on any atom is 0.172 e. The summed E-state index contributed by atoms with van der Waals surface area (Å²) in [7, 11) is 0. The van der Waals surface area contributed by atoms with E-state index in [4.69, 9.17) is 21.8 Å². The number of rotatable bonds is 0. The molecule has 0 bridgehead atoms. The van der Waals surface area contributed by atoms with E-state index in [0.717, 1.165) is 5.52 Å². The van der Waals surface area contributed by atoms with Crippen LogP contribution in [0.5, 0.6) is 0 Å². The SMILES string of the molecule is Nc1cnc2ccoc2c1Cl. The average Bonchev–Trinajstić information content (AvgIpc) is 2.45. The zero-order valence-electron chi connectivity index (χ0n) is 5.54. The summed E-state index contributed by atoms with van der Waals surface area (Å²) in [4.78, 5) is 4.00. The third-order valence-electron chi connectivity index (χ3n) is 1.44. The van der Waals surface area contributed by atoms with Crippen molar-refractivity contribution < 1.29 is 4.42 Å². The van der Waals surface area contributed by atoms with Crippen LogP contribution in [0.4, 0.5) is 5.69 Å². The van der Waals surface area contributed by atoms with E-state index in [9.17, 15) is 0 Å². The van der Waals surface area contributed by atoms with Gasteiger partial charge in [-0.2, -0.15) is 0 Å². The molecule has 56 valence electrons.